The van der Waals surface area contributed by atoms with E-state index >= 15 is 0 Å². The number of carbonyl (C=O) groups excluding carboxylic acids is 2. The molecule has 1 aromatic carbocycles. The zero-order valence-electron chi connectivity index (χ0n) is 20.2. The van der Waals surface area contributed by atoms with Gasteiger partial charge in [-0.15, -0.1) is 0 Å². The molecule has 34 heavy (non-hydrogen) atoms. The van der Waals surface area contributed by atoms with Crippen LogP contribution in [0.15, 0.2) is 42.6 Å². The number of nitrogens with one attached hydrogen (secondary N) is 1. The van der Waals surface area contributed by atoms with Gasteiger partial charge >= 0.3 is 5.97 Å². The summed E-state index contributed by atoms with van der Waals surface area (Å²) in [6, 6.07) is 10.7. The van der Waals surface area contributed by atoms with Crippen molar-refractivity contribution in [1.29, 1.82) is 0 Å². The third-order valence-electron chi connectivity index (χ3n) is 6.68. The van der Waals surface area contributed by atoms with Crippen molar-refractivity contribution in [2.24, 2.45) is 5.92 Å². The molecule has 0 bridgehead atoms. The molecule has 3 aromatic rings. The summed E-state index contributed by atoms with van der Waals surface area (Å²) >= 11 is 0. The van der Waals surface area contributed by atoms with Crippen LogP contribution < -0.4 is 10.1 Å². The monoisotopic (exact) mass is 463 g/mol. The summed E-state index contributed by atoms with van der Waals surface area (Å²) in [5.41, 5.74) is 3.60. The van der Waals surface area contributed by atoms with Gasteiger partial charge in [0.05, 0.1) is 19.4 Å². The Bertz CT molecular complexity index is 1160. The molecule has 7 nitrogen and oxygen atoms in total. The lowest BCUT2D eigenvalue weighted by atomic mass is 9.90. The molecule has 2 heterocycles. The van der Waals surface area contributed by atoms with E-state index in [0.717, 1.165) is 11.1 Å². The van der Waals surface area contributed by atoms with Gasteiger partial charge in [0, 0.05) is 12.6 Å². The summed E-state index contributed by atoms with van der Waals surface area (Å²) in [5, 5.41) is 2.87. The van der Waals surface area contributed by atoms with Crippen molar-refractivity contribution in [2.75, 3.05) is 13.7 Å². The van der Waals surface area contributed by atoms with E-state index in [9.17, 15) is 9.59 Å². The smallest absolute Gasteiger partial charge is 0.328 e. The average molecular weight is 464 g/mol. The molecule has 0 saturated heterocycles. The van der Waals surface area contributed by atoms with Crippen LogP contribution in [0.3, 0.4) is 0 Å². The molecule has 2 aromatic heterocycles. The standard InChI is InChI=1S/C27H33N3O4/c1-18-10-7-8-13-21(18)16-22(27(32)33-3)29-26(31)24-19(2)28-25-23(14-9-15-30(24)25)34-17-20-11-5-4-6-12-20/h7-10,13-15,20,22H,4-6,11-12,16-17H2,1-3H3,(H,29,31)/t22-/m1/s1. The maximum atomic E-state index is 13.3. The normalized spacial score (nSPS) is 15.1. The molecule has 0 radical (unpaired) electrons. The second-order valence-corrected chi connectivity index (χ2v) is 9.11. The number of imidazole rings is 1. The van der Waals surface area contributed by atoms with Gasteiger partial charge < -0.3 is 14.8 Å². The molecule has 1 aliphatic rings. The van der Waals surface area contributed by atoms with E-state index in [-0.39, 0.29) is 5.91 Å². The molecule has 0 unspecified atom stereocenters. The molecule has 1 amide bonds. The number of nitrogens with zero attached hydrogens (tertiary/aromatic N) is 2. The predicted octanol–water partition coefficient (Wildman–Crippen LogP) is 4.42. The third kappa shape index (κ3) is 5.24. The number of rotatable bonds is 8. The van der Waals surface area contributed by atoms with E-state index in [2.05, 4.69) is 10.3 Å². The van der Waals surface area contributed by atoms with Gasteiger partial charge in [-0.2, -0.15) is 0 Å². The van der Waals surface area contributed by atoms with Crippen LogP contribution in [-0.4, -0.2) is 41.0 Å². The molecule has 4 rings (SSSR count). The van der Waals surface area contributed by atoms with Crippen LogP contribution in [0.5, 0.6) is 5.75 Å². The molecule has 7 heteroatoms. The Hall–Kier alpha value is -3.35. The Balaban J connectivity index is 1.55. The molecule has 0 aliphatic heterocycles. The number of pyridine rings is 1. The topological polar surface area (TPSA) is 81.9 Å². The highest BCUT2D eigenvalue weighted by Crippen LogP contribution is 2.27. The van der Waals surface area contributed by atoms with Crippen molar-refractivity contribution in [1.82, 2.24) is 14.7 Å². The number of aryl methyl sites for hydroxylation is 2. The lowest BCUT2D eigenvalue weighted by Gasteiger charge is -2.21. The van der Waals surface area contributed by atoms with Gasteiger partial charge in [-0.1, -0.05) is 43.5 Å². The number of fused-ring (bicyclic) bond motifs is 1. The van der Waals surface area contributed by atoms with E-state index in [0.29, 0.717) is 41.7 Å². The molecule has 0 spiro atoms. The lowest BCUT2D eigenvalue weighted by molar-refractivity contribution is -0.142. The predicted molar refractivity (Wildman–Crippen MR) is 130 cm³/mol. The van der Waals surface area contributed by atoms with Crippen LogP contribution in [0.2, 0.25) is 0 Å². The summed E-state index contributed by atoms with van der Waals surface area (Å²) in [6.07, 6.45) is 8.35. The first-order valence-corrected chi connectivity index (χ1v) is 12.0. The molecule has 1 fully saturated rings. The minimum Gasteiger partial charge on any atom is -0.489 e. The van der Waals surface area contributed by atoms with Crippen molar-refractivity contribution in [2.45, 2.75) is 58.4 Å². The fourth-order valence-corrected chi connectivity index (χ4v) is 4.72. The van der Waals surface area contributed by atoms with Crippen LogP contribution in [0, 0.1) is 19.8 Å². The number of aromatic nitrogens is 2. The zero-order chi connectivity index (χ0) is 24.1. The quantitative estimate of drug-likeness (QED) is 0.500. The first-order chi connectivity index (χ1) is 16.5. The summed E-state index contributed by atoms with van der Waals surface area (Å²) in [4.78, 5) is 30.5. The number of carbonyl (C=O) groups is 2. The Kier molecular flexibility index (Phi) is 7.50. The third-order valence-corrected chi connectivity index (χ3v) is 6.68. The van der Waals surface area contributed by atoms with Crippen molar-refractivity contribution in [3.8, 4) is 5.75 Å². The summed E-state index contributed by atoms with van der Waals surface area (Å²) in [5.74, 6) is 0.368. The number of methoxy groups -OCH3 is 1. The van der Waals surface area contributed by atoms with Gasteiger partial charge in [0.1, 0.15) is 11.7 Å². The minimum absolute atomic E-state index is 0.344. The maximum absolute atomic E-state index is 13.3. The second-order valence-electron chi connectivity index (χ2n) is 9.11. The fraction of sp³-hybridized carbons (Fsp3) is 0.444. The summed E-state index contributed by atoms with van der Waals surface area (Å²) < 4.78 is 12.9. The Morgan fingerprint density at radius 3 is 2.62 bits per heavy atom. The molecule has 1 N–H and O–H groups in total. The van der Waals surface area contributed by atoms with Crippen molar-refractivity contribution >= 4 is 17.5 Å². The number of esters is 1. The molecule has 1 saturated carbocycles. The van der Waals surface area contributed by atoms with E-state index in [1.807, 2.05) is 43.3 Å². The zero-order valence-corrected chi connectivity index (χ0v) is 20.2. The Morgan fingerprint density at radius 2 is 1.88 bits per heavy atom. The van der Waals surface area contributed by atoms with Crippen molar-refractivity contribution in [3.63, 3.8) is 0 Å². The second kappa shape index (κ2) is 10.7. The number of ether oxygens (including phenoxy) is 2. The first kappa shape index (κ1) is 23.8. The van der Waals surface area contributed by atoms with Crippen LogP contribution in [-0.2, 0) is 16.0 Å². The number of hydrogen-bond donors (Lipinski definition) is 1. The summed E-state index contributed by atoms with van der Waals surface area (Å²) in [7, 11) is 1.33. The van der Waals surface area contributed by atoms with Gasteiger partial charge in [0.15, 0.2) is 11.4 Å². The van der Waals surface area contributed by atoms with Crippen molar-refractivity contribution in [3.05, 3.63) is 65.1 Å². The lowest BCUT2D eigenvalue weighted by Crippen LogP contribution is -2.43. The van der Waals surface area contributed by atoms with Crippen LogP contribution >= 0.6 is 0 Å². The Labute approximate surface area is 200 Å². The van der Waals surface area contributed by atoms with E-state index in [4.69, 9.17) is 9.47 Å². The minimum atomic E-state index is -0.811. The SMILES string of the molecule is COC(=O)[C@@H](Cc1ccccc1C)NC(=O)c1c(C)nc2c(OCC3CCCCC3)cccn12. The van der Waals surface area contributed by atoms with Gasteiger partial charge in [-0.05, 0) is 55.9 Å². The van der Waals surface area contributed by atoms with Crippen LogP contribution in [0.25, 0.3) is 5.65 Å². The van der Waals surface area contributed by atoms with Crippen LogP contribution in [0.4, 0.5) is 0 Å². The molecular formula is C27H33N3O4. The van der Waals surface area contributed by atoms with E-state index in [1.54, 1.807) is 17.5 Å². The largest absolute Gasteiger partial charge is 0.489 e. The molecule has 1 aliphatic carbocycles. The molecule has 1 atom stereocenters. The van der Waals surface area contributed by atoms with E-state index < -0.39 is 12.0 Å². The van der Waals surface area contributed by atoms with Gasteiger partial charge in [0.2, 0.25) is 0 Å². The van der Waals surface area contributed by atoms with Gasteiger partial charge in [-0.3, -0.25) is 9.20 Å². The summed E-state index contributed by atoms with van der Waals surface area (Å²) in [6.45, 7) is 4.43. The number of amides is 1. The fourth-order valence-electron chi connectivity index (χ4n) is 4.72. The number of benzene rings is 1. The molecule has 180 valence electrons. The highest BCUT2D eigenvalue weighted by atomic mass is 16.5. The highest BCUT2D eigenvalue weighted by Gasteiger charge is 2.27. The van der Waals surface area contributed by atoms with Gasteiger partial charge in [-0.25, -0.2) is 9.78 Å². The van der Waals surface area contributed by atoms with E-state index in [1.165, 1.54) is 39.2 Å². The average Bonchev–Trinajstić information content (AvgIpc) is 3.20. The highest BCUT2D eigenvalue weighted by molar-refractivity contribution is 5.97. The van der Waals surface area contributed by atoms with Crippen LogP contribution in [0.1, 0.15) is 59.4 Å². The van der Waals surface area contributed by atoms with Crippen molar-refractivity contribution < 1.29 is 19.1 Å². The number of hydrogen-bond acceptors (Lipinski definition) is 5. The maximum Gasteiger partial charge on any atom is 0.328 e. The molecular weight excluding hydrogens is 430 g/mol. The Morgan fingerprint density at radius 1 is 1.12 bits per heavy atom. The van der Waals surface area contributed by atoms with Gasteiger partial charge in [0.25, 0.3) is 5.91 Å². The first-order valence-electron chi connectivity index (χ1n) is 12.0.